The molecule has 0 spiro atoms. The number of para-hydroxylation sites is 1. The van der Waals surface area contributed by atoms with Crippen molar-refractivity contribution in [3.63, 3.8) is 0 Å². The van der Waals surface area contributed by atoms with E-state index in [-0.39, 0.29) is 0 Å². The molecule has 0 aliphatic carbocycles. The first-order valence-electron chi connectivity index (χ1n) is 10.6. The highest BCUT2D eigenvalue weighted by Gasteiger charge is 2.17. The molecule has 2 N–H and O–H groups in total. The van der Waals surface area contributed by atoms with Gasteiger partial charge < -0.3 is 10.6 Å². The first-order chi connectivity index (χ1) is 15.1. The molecular formula is C26H25N5. The van der Waals surface area contributed by atoms with Gasteiger partial charge in [0.05, 0.1) is 12.1 Å². The van der Waals surface area contributed by atoms with Crippen molar-refractivity contribution in [1.29, 1.82) is 0 Å². The van der Waals surface area contributed by atoms with E-state index in [2.05, 4.69) is 84.9 Å². The van der Waals surface area contributed by atoms with Gasteiger partial charge in [-0.05, 0) is 35.4 Å². The molecule has 0 radical (unpaired) electrons. The lowest BCUT2D eigenvalue weighted by molar-refractivity contribution is 0.802. The minimum absolute atomic E-state index is 0.332. The smallest absolute Gasteiger partial charge is 0.162 e. The maximum absolute atomic E-state index is 4.98. The Bertz CT molecular complexity index is 1350. The number of nitrogens with zero attached hydrogens (tertiary/aromatic N) is 3. The summed E-state index contributed by atoms with van der Waals surface area (Å²) in [5, 5.41) is 10.3. The van der Waals surface area contributed by atoms with E-state index in [1.807, 2.05) is 18.2 Å². The highest BCUT2D eigenvalue weighted by Crippen LogP contribution is 2.30. The van der Waals surface area contributed by atoms with Crippen LogP contribution in [0.3, 0.4) is 0 Å². The second-order valence-electron chi connectivity index (χ2n) is 8.20. The van der Waals surface area contributed by atoms with Crippen LogP contribution in [0.1, 0.15) is 20.8 Å². The lowest BCUT2D eigenvalue weighted by Gasteiger charge is -2.24. The van der Waals surface area contributed by atoms with Crippen molar-refractivity contribution in [2.45, 2.75) is 20.8 Å². The molecule has 0 saturated heterocycles. The Morgan fingerprint density at radius 1 is 0.871 bits per heavy atom. The molecule has 1 aliphatic rings. The molecule has 0 fully saturated rings. The predicted octanol–water partition coefficient (Wildman–Crippen LogP) is 5.75. The summed E-state index contributed by atoms with van der Waals surface area (Å²) in [6.45, 7) is 7.05. The number of benzene rings is 3. The van der Waals surface area contributed by atoms with Crippen LogP contribution in [0.4, 0.5) is 5.82 Å². The minimum Gasteiger partial charge on any atom is -0.330 e. The lowest BCUT2D eigenvalue weighted by Crippen LogP contribution is -2.35. The van der Waals surface area contributed by atoms with Gasteiger partial charge >= 0.3 is 0 Å². The number of rotatable bonds is 4. The van der Waals surface area contributed by atoms with Crippen molar-refractivity contribution in [3.8, 4) is 11.4 Å². The molecule has 5 nitrogen and oxygen atoms in total. The van der Waals surface area contributed by atoms with Crippen molar-refractivity contribution in [2.75, 3.05) is 11.9 Å². The zero-order valence-corrected chi connectivity index (χ0v) is 18.0. The lowest BCUT2D eigenvalue weighted by atomic mass is 10.0. The Morgan fingerprint density at radius 3 is 2.45 bits per heavy atom. The zero-order valence-electron chi connectivity index (χ0n) is 18.0. The average molecular weight is 408 g/mol. The van der Waals surface area contributed by atoms with Crippen molar-refractivity contribution in [2.24, 2.45) is 10.9 Å². The summed E-state index contributed by atoms with van der Waals surface area (Å²) in [4.78, 5) is 14.5. The molecule has 2 heterocycles. The molecule has 0 saturated carbocycles. The molecule has 5 heteroatoms. The summed E-state index contributed by atoms with van der Waals surface area (Å²) in [6, 6.07) is 22.7. The summed E-state index contributed by atoms with van der Waals surface area (Å²) in [6.07, 6.45) is 0. The van der Waals surface area contributed by atoms with E-state index in [0.29, 0.717) is 18.3 Å². The van der Waals surface area contributed by atoms with E-state index in [4.69, 9.17) is 9.97 Å². The number of anilines is 1. The molecule has 0 amide bonds. The monoisotopic (exact) mass is 407 g/mol. The van der Waals surface area contributed by atoms with Crippen LogP contribution in [0.5, 0.6) is 0 Å². The van der Waals surface area contributed by atoms with Crippen LogP contribution in [-0.2, 0) is 0 Å². The fraction of sp³-hybridized carbons (Fsp3) is 0.192. The maximum atomic E-state index is 4.98. The molecular weight excluding hydrogens is 382 g/mol. The van der Waals surface area contributed by atoms with Gasteiger partial charge in [0.2, 0.25) is 0 Å². The van der Waals surface area contributed by atoms with Gasteiger partial charge in [0.25, 0.3) is 0 Å². The highest BCUT2D eigenvalue weighted by molar-refractivity contribution is 5.98. The molecule has 5 rings (SSSR count). The van der Waals surface area contributed by atoms with Crippen LogP contribution < -0.4 is 10.6 Å². The first-order valence-corrected chi connectivity index (χ1v) is 10.6. The fourth-order valence-corrected chi connectivity index (χ4v) is 3.85. The molecule has 1 aliphatic heterocycles. The van der Waals surface area contributed by atoms with Crippen LogP contribution >= 0.6 is 0 Å². The Hall–Kier alpha value is -3.73. The second-order valence-corrected chi connectivity index (χ2v) is 8.20. The molecule has 0 unspecified atom stereocenters. The molecule has 0 bridgehead atoms. The molecule has 31 heavy (non-hydrogen) atoms. The van der Waals surface area contributed by atoms with E-state index in [0.717, 1.165) is 44.9 Å². The van der Waals surface area contributed by atoms with Gasteiger partial charge in [0.1, 0.15) is 17.5 Å². The topological polar surface area (TPSA) is 62.2 Å². The summed E-state index contributed by atoms with van der Waals surface area (Å²) in [5.74, 6) is 3.77. The molecule has 3 aromatic carbocycles. The van der Waals surface area contributed by atoms with E-state index in [1.165, 1.54) is 5.39 Å². The SMILES string of the molecule is CC1=C(Nc2nc(-c3cccc4ccccc34)nc3ccccc23)NC(C(C)C)=NC1. The van der Waals surface area contributed by atoms with Gasteiger partial charge in [-0.2, -0.15) is 0 Å². The summed E-state index contributed by atoms with van der Waals surface area (Å²) >= 11 is 0. The van der Waals surface area contributed by atoms with Gasteiger partial charge in [-0.3, -0.25) is 4.99 Å². The van der Waals surface area contributed by atoms with Crippen LogP contribution in [-0.4, -0.2) is 22.3 Å². The van der Waals surface area contributed by atoms with Gasteiger partial charge in [-0.15, -0.1) is 0 Å². The number of hydrogen-bond donors (Lipinski definition) is 2. The normalized spacial score (nSPS) is 14.1. The van der Waals surface area contributed by atoms with Crippen LogP contribution in [0, 0.1) is 5.92 Å². The van der Waals surface area contributed by atoms with Crippen LogP contribution in [0.15, 0.2) is 83.1 Å². The quantitative estimate of drug-likeness (QED) is 0.452. The van der Waals surface area contributed by atoms with Gasteiger partial charge in [0, 0.05) is 16.9 Å². The number of nitrogens with one attached hydrogen (secondary N) is 2. The van der Waals surface area contributed by atoms with Crippen molar-refractivity contribution in [3.05, 3.63) is 78.1 Å². The summed E-state index contributed by atoms with van der Waals surface area (Å²) < 4.78 is 0. The largest absolute Gasteiger partial charge is 0.330 e. The average Bonchev–Trinajstić information content (AvgIpc) is 2.80. The number of aliphatic imine (C=N–C) groups is 1. The maximum Gasteiger partial charge on any atom is 0.162 e. The van der Waals surface area contributed by atoms with Crippen LogP contribution in [0.2, 0.25) is 0 Å². The summed E-state index contributed by atoms with van der Waals surface area (Å²) in [7, 11) is 0. The zero-order chi connectivity index (χ0) is 21.4. The first kappa shape index (κ1) is 19.2. The third-order valence-electron chi connectivity index (χ3n) is 5.59. The summed E-state index contributed by atoms with van der Waals surface area (Å²) in [5.41, 5.74) is 3.09. The van der Waals surface area contributed by atoms with Crippen molar-refractivity contribution in [1.82, 2.24) is 15.3 Å². The number of aromatic nitrogens is 2. The Balaban J connectivity index is 1.64. The van der Waals surface area contributed by atoms with Gasteiger partial charge in [0.15, 0.2) is 5.82 Å². The third-order valence-corrected chi connectivity index (χ3v) is 5.59. The Kier molecular flexibility index (Phi) is 4.86. The molecule has 1 aromatic heterocycles. The highest BCUT2D eigenvalue weighted by atomic mass is 15.2. The van der Waals surface area contributed by atoms with E-state index in [9.17, 15) is 0 Å². The van der Waals surface area contributed by atoms with Crippen molar-refractivity contribution < 1.29 is 0 Å². The predicted molar refractivity (Wildman–Crippen MR) is 129 cm³/mol. The van der Waals surface area contributed by atoms with Gasteiger partial charge in [-0.1, -0.05) is 68.4 Å². The third kappa shape index (κ3) is 3.63. The fourth-order valence-electron chi connectivity index (χ4n) is 3.85. The molecule has 154 valence electrons. The van der Waals surface area contributed by atoms with E-state index >= 15 is 0 Å². The standard InChI is InChI=1S/C26H25N5/c1-16(2)23-27-15-17(3)24(29-23)30-26-21-12-6-7-14-22(21)28-25(31-26)20-13-8-10-18-9-4-5-11-19(18)20/h4-14,16H,15H2,1-3H3,(H,27,29)(H,28,30,31). The minimum atomic E-state index is 0.332. The Labute approximate surface area is 182 Å². The molecule has 4 aromatic rings. The molecule has 0 atom stereocenters. The number of fused-ring (bicyclic) bond motifs is 2. The van der Waals surface area contributed by atoms with E-state index < -0.39 is 0 Å². The number of amidine groups is 1. The Morgan fingerprint density at radius 2 is 1.61 bits per heavy atom. The van der Waals surface area contributed by atoms with Crippen LogP contribution in [0.25, 0.3) is 33.1 Å². The van der Waals surface area contributed by atoms with Crippen molar-refractivity contribution >= 4 is 33.3 Å². The van der Waals surface area contributed by atoms with E-state index in [1.54, 1.807) is 0 Å². The number of hydrogen-bond acceptors (Lipinski definition) is 5. The second kappa shape index (κ2) is 7.84. The van der Waals surface area contributed by atoms with Gasteiger partial charge in [-0.25, -0.2) is 9.97 Å².